The maximum absolute atomic E-state index is 11.8. The molecule has 0 radical (unpaired) electrons. The number of nitriles is 1. The van der Waals surface area contributed by atoms with Gasteiger partial charge in [-0.2, -0.15) is 17.0 Å². The third-order valence-electron chi connectivity index (χ3n) is 3.40. The molecule has 1 heterocycles. The summed E-state index contributed by atoms with van der Waals surface area (Å²) in [5.74, 6) is 0.618. The van der Waals surface area contributed by atoms with E-state index in [0.717, 1.165) is 18.6 Å². The lowest BCUT2D eigenvalue weighted by Crippen LogP contribution is -2.14. The second kappa shape index (κ2) is 6.96. The van der Waals surface area contributed by atoms with Gasteiger partial charge >= 0.3 is 5.97 Å². The first kappa shape index (κ1) is 15.9. The minimum Gasteiger partial charge on any atom is -0.481 e. The molecule has 0 saturated heterocycles. The fraction of sp³-hybridized carbons (Fsp3) is 0.500. The molecular formula is C14H16N2O3S2. The van der Waals surface area contributed by atoms with Gasteiger partial charge in [0.25, 0.3) is 0 Å². The number of amides is 1. The molecule has 1 saturated carbocycles. The minimum absolute atomic E-state index is 0.0330. The van der Waals surface area contributed by atoms with Crippen LogP contribution < -0.4 is 5.32 Å². The summed E-state index contributed by atoms with van der Waals surface area (Å²) in [7, 11) is 0. The Hall–Kier alpha value is -1.52. The highest BCUT2D eigenvalue weighted by Gasteiger charge is 2.43. The van der Waals surface area contributed by atoms with Crippen molar-refractivity contribution < 1.29 is 14.7 Å². The van der Waals surface area contributed by atoms with Crippen molar-refractivity contribution in [3.63, 3.8) is 0 Å². The maximum atomic E-state index is 11.8. The van der Waals surface area contributed by atoms with E-state index in [2.05, 4.69) is 5.32 Å². The number of nitrogens with one attached hydrogen (secondary N) is 1. The van der Waals surface area contributed by atoms with Crippen molar-refractivity contribution in [2.45, 2.75) is 25.7 Å². The molecule has 2 rings (SSSR count). The molecule has 2 N–H and O–H groups in total. The molecule has 1 amide bonds. The third kappa shape index (κ3) is 4.76. The van der Waals surface area contributed by atoms with Gasteiger partial charge in [0.05, 0.1) is 12.0 Å². The van der Waals surface area contributed by atoms with E-state index >= 15 is 0 Å². The zero-order chi connectivity index (χ0) is 15.3. The highest BCUT2D eigenvalue weighted by atomic mass is 32.2. The first-order valence-corrected chi connectivity index (χ1v) is 8.65. The molecule has 0 unspecified atom stereocenters. The Balaban J connectivity index is 1.66. The predicted molar refractivity (Wildman–Crippen MR) is 83.5 cm³/mol. The maximum Gasteiger partial charge on any atom is 0.303 e. The van der Waals surface area contributed by atoms with Crippen molar-refractivity contribution in [1.82, 2.24) is 0 Å². The van der Waals surface area contributed by atoms with Crippen molar-refractivity contribution in [2.75, 3.05) is 16.8 Å². The summed E-state index contributed by atoms with van der Waals surface area (Å²) in [4.78, 5) is 22.5. The second-order valence-corrected chi connectivity index (χ2v) is 7.22. The summed E-state index contributed by atoms with van der Waals surface area (Å²) in [6.07, 6.45) is 2.54. The van der Waals surface area contributed by atoms with E-state index in [1.807, 2.05) is 6.07 Å². The van der Waals surface area contributed by atoms with Gasteiger partial charge < -0.3 is 10.4 Å². The number of carboxylic acids is 1. The molecule has 5 nitrogen and oxygen atoms in total. The monoisotopic (exact) mass is 324 g/mol. The number of carboxylic acid groups (broad SMARTS) is 1. The van der Waals surface area contributed by atoms with Crippen LogP contribution in [0.5, 0.6) is 0 Å². The van der Waals surface area contributed by atoms with Gasteiger partial charge in [-0.15, -0.1) is 11.3 Å². The number of rotatable bonds is 8. The van der Waals surface area contributed by atoms with Gasteiger partial charge in [-0.1, -0.05) is 0 Å². The minimum atomic E-state index is -0.743. The van der Waals surface area contributed by atoms with Gasteiger partial charge in [0, 0.05) is 12.2 Å². The van der Waals surface area contributed by atoms with Gasteiger partial charge in [0.1, 0.15) is 11.1 Å². The topological polar surface area (TPSA) is 90.2 Å². The standard InChI is InChI=1S/C14H16N2O3S2/c15-8-10-1-6-21-13(10)16-11(17)2-5-20-9-14(3-4-14)7-12(18)19/h1,6H,2-5,7,9H2,(H,16,17)(H,18,19). The lowest BCUT2D eigenvalue weighted by Gasteiger charge is -2.11. The van der Waals surface area contributed by atoms with Crippen LogP contribution in [-0.2, 0) is 9.59 Å². The van der Waals surface area contributed by atoms with E-state index in [4.69, 9.17) is 10.4 Å². The van der Waals surface area contributed by atoms with Crippen molar-refractivity contribution >= 4 is 40.0 Å². The fourth-order valence-corrected chi connectivity index (χ4v) is 4.06. The highest BCUT2D eigenvalue weighted by molar-refractivity contribution is 7.99. The Morgan fingerprint density at radius 1 is 1.52 bits per heavy atom. The molecular weight excluding hydrogens is 308 g/mol. The summed E-state index contributed by atoms with van der Waals surface area (Å²) in [5.41, 5.74) is 0.453. The van der Waals surface area contributed by atoms with Gasteiger partial charge in [0.15, 0.2) is 0 Å². The number of nitrogens with zero attached hydrogens (tertiary/aromatic N) is 1. The molecule has 1 aliphatic carbocycles. The third-order valence-corrected chi connectivity index (χ3v) is 5.54. The van der Waals surface area contributed by atoms with E-state index in [1.54, 1.807) is 23.2 Å². The van der Waals surface area contributed by atoms with E-state index < -0.39 is 5.97 Å². The summed E-state index contributed by atoms with van der Waals surface area (Å²) in [5, 5.41) is 22.8. The molecule has 0 aromatic carbocycles. The first-order valence-electron chi connectivity index (χ1n) is 6.62. The molecule has 112 valence electrons. The van der Waals surface area contributed by atoms with Crippen molar-refractivity contribution in [1.29, 1.82) is 5.26 Å². The van der Waals surface area contributed by atoms with Crippen LogP contribution in [-0.4, -0.2) is 28.5 Å². The number of thioether (sulfide) groups is 1. The number of anilines is 1. The lowest BCUT2D eigenvalue weighted by molar-refractivity contribution is -0.138. The number of carbonyl (C=O) groups is 2. The molecule has 1 aromatic heterocycles. The Bertz CT molecular complexity index is 573. The molecule has 7 heteroatoms. The fourth-order valence-electron chi connectivity index (χ4n) is 2.01. The van der Waals surface area contributed by atoms with Crippen LogP contribution in [0.3, 0.4) is 0 Å². The number of hydrogen-bond donors (Lipinski definition) is 2. The Morgan fingerprint density at radius 2 is 2.29 bits per heavy atom. The number of hydrogen-bond acceptors (Lipinski definition) is 5. The molecule has 0 bridgehead atoms. The van der Waals surface area contributed by atoms with Gasteiger partial charge in [-0.05, 0) is 35.5 Å². The zero-order valence-corrected chi connectivity index (χ0v) is 13.1. The quantitative estimate of drug-likeness (QED) is 0.718. The average Bonchev–Trinajstić information content (AvgIpc) is 3.02. The van der Waals surface area contributed by atoms with Gasteiger partial charge in [-0.3, -0.25) is 9.59 Å². The molecule has 1 aliphatic rings. The number of thiophene rings is 1. The summed E-state index contributed by atoms with van der Waals surface area (Å²) < 4.78 is 0. The molecule has 0 atom stereocenters. The smallest absolute Gasteiger partial charge is 0.303 e. The Morgan fingerprint density at radius 3 is 2.90 bits per heavy atom. The van der Waals surface area contributed by atoms with Crippen molar-refractivity contribution in [3.05, 3.63) is 17.0 Å². The van der Waals surface area contributed by atoms with Gasteiger partial charge in [0.2, 0.25) is 5.91 Å². The van der Waals surface area contributed by atoms with Gasteiger partial charge in [-0.25, -0.2) is 0 Å². The summed E-state index contributed by atoms with van der Waals surface area (Å²) in [6, 6.07) is 3.71. The average molecular weight is 324 g/mol. The molecule has 0 aliphatic heterocycles. The Labute approximate surface area is 131 Å². The van der Waals surface area contributed by atoms with Crippen LogP contribution in [0.2, 0.25) is 0 Å². The lowest BCUT2D eigenvalue weighted by atomic mass is 10.1. The first-order chi connectivity index (χ1) is 10.0. The predicted octanol–water partition coefficient (Wildman–Crippen LogP) is 2.94. The molecule has 0 spiro atoms. The van der Waals surface area contributed by atoms with E-state index in [1.165, 1.54) is 11.3 Å². The SMILES string of the molecule is N#Cc1ccsc1NC(=O)CCSCC1(CC(=O)O)CC1. The van der Waals surface area contributed by atoms with E-state index in [-0.39, 0.29) is 17.7 Å². The van der Waals surface area contributed by atoms with Crippen molar-refractivity contribution in [2.24, 2.45) is 5.41 Å². The number of aliphatic carboxylic acids is 1. The van der Waals surface area contributed by atoms with Crippen LogP contribution in [0.1, 0.15) is 31.2 Å². The number of carbonyl (C=O) groups excluding carboxylic acids is 1. The summed E-state index contributed by atoms with van der Waals surface area (Å²) >= 11 is 2.97. The second-order valence-electron chi connectivity index (χ2n) is 5.20. The molecule has 21 heavy (non-hydrogen) atoms. The normalized spacial score (nSPS) is 15.2. The van der Waals surface area contributed by atoms with Crippen LogP contribution >= 0.6 is 23.1 Å². The zero-order valence-electron chi connectivity index (χ0n) is 11.4. The summed E-state index contributed by atoms with van der Waals surface area (Å²) in [6.45, 7) is 0. The molecule has 1 aromatic rings. The highest BCUT2D eigenvalue weighted by Crippen LogP contribution is 2.51. The van der Waals surface area contributed by atoms with Crippen LogP contribution in [0.15, 0.2) is 11.4 Å². The molecule has 1 fully saturated rings. The van der Waals surface area contributed by atoms with Crippen LogP contribution in [0.25, 0.3) is 0 Å². The van der Waals surface area contributed by atoms with E-state index in [9.17, 15) is 9.59 Å². The van der Waals surface area contributed by atoms with Crippen molar-refractivity contribution in [3.8, 4) is 6.07 Å². The van der Waals surface area contributed by atoms with Crippen LogP contribution in [0, 0.1) is 16.7 Å². The Kier molecular flexibility index (Phi) is 5.26. The largest absolute Gasteiger partial charge is 0.481 e. The van der Waals surface area contributed by atoms with Crippen LogP contribution in [0.4, 0.5) is 5.00 Å². The van der Waals surface area contributed by atoms with E-state index in [0.29, 0.717) is 22.7 Å².